The Morgan fingerprint density at radius 1 is 1.33 bits per heavy atom. The zero-order valence-corrected chi connectivity index (χ0v) is 19.8. The second-order valence-electron chi connectivity index (χ2n) is 8.67. The maximum Gasteiger partial charge on any atom is 0.244 e. The fraction of sp³-hybridized carbons (Fsp3) is 0.435. The van der Waals surface area contributed by atoms with Crippen molar-refractivity contribution in [3.05, 3.63) is 30.2 Å². The molecule has 1 aliphatic heterocycles. The summed E-state index contributed by atoms with van der Waals surface area (Å²) in [6.45, 7) is 1.66. The molecule has 0 bridgehead atoms. The van der Waals surface area contributed by atoms with Crippen LogP contribution in [0.4, 0.5) is 19.1 Å². The van der Waals surface area contributed by atoms with Crippen molar-refractivity contribution in [3.63, 3.8) is 0 Å². The van der Waals surface area contributed by atoms with Gasteiger partial charge in [0.05, 0.1) is 43.6 Å². The summed E-state index contributed by atoms with van der Waals surface area (Å²) >= 11 is 0. The average Bonchev–Trinajstić information content (AvgIpc) is 3.42. The zero-order chi connectivity index (χ0) is 25.4. The van der Waals surface area contributed by atoms with E-state index in [9.17, 15) is 13.6 Å². The number of benzene rings is 1. The number of anilines is 1. The van der Waals surface area contributed by atoms with Gasteiger partial charge in [0.1, 0.15) is 17.2 Å². The van der Waals surface area contributed by atoms with Gasteiger partial charge in [-0.3, -0.25) is 9.18 Å². The highest BCUT2D eigenvalue weighted by Crippen LogP contribution is 2.35. The van der Waals surface area contributed by atoms with Crippen molar-refractivity contribution >= 4 is 28.4 Å². The Labute approximate surface area is 204 Å². The van der Waals surface area contributed by atoms with Gasteiger partial charge < -0.3 is 15.0 Å². The minimum Gasteiger partial charge on any atom is -0.479 e. The third-order valence-corrected chi connectivity index (χ3v) is 6.35. The molecule has 190 valence electrons. The average molecular weight is 503 g/mol. The Kier molecular flexibility index (Phi) is 6.37. The van der Waals surface area contributed by atoms with Gasteiger partial charge in [0, 0.05) is 20.0 Å². The number of halogens is 3. The highest BCUT2D eigenvalue weighted by Gasteiger charge is 2.31. The van der Waals surface area contributed by atoms with E-state index in [1.807, 2.05) is 0 Å². The molecule has 2 atom stereocenters. The van der Waals surface area contributed by atoms with E-state index >= 15 is 4.39 Å². The molecular weight excluding hydrogens is 477 g/mol. The van der Waals surface area contributed by atoms with E-state index in [1.54, 1.807) is 22.9 Å². The Morgan fingerprint density at radius 3 is 2.89 bits per heavy atom. The molecular formula is C23H25F3N8O2. The number of carbonyl (C=O) groups is 1. The number of ether oxygens (including phenoxy) is 1. The predicted octanol–water partition coefficient (Wildman–Crippen LogP) is 3.02. The van der Waals surface area contributed by atoms with Gasteiger partial charge in [0.2, 0.25) is 17.7 Å². The van der Waals surface area contributed by atoms with Crippen LogP contribution in [-0.4, -0.2) is 79.5 Å². The summed E-state index contributed by atoms with van der Waals surface area (Å²) in [6.07, 6.45) is 0.554. The van der Waals surface area contributed by atoms with E-state index in [1.165, 1.54) is 29.6 Å². The number of rotatable bonds is 7. The van der Waals surface area contributed by atoms with Crippen LogP contribution in [0.2, 0.25) is 0 Å². The van der Waals surface area contributed by atoms with E-state index in [4.69, 9.17) is 4.74 Å². The molecule has 0 spiro atoms. The van der Waals surface area contributed by atoms with E-state index in [0.29, 0.717) is 41.6 Å². The van der Waals surface area contributed by atoms with Crippen molar-refractivity contribution in [2.75, 3.05) is 32.2 Å². The molecule has 5 rings (SSSR count). The molecule has 1 fully saturated rings. The summed E-state index contributed by atoms with van der Waals surface area (Å²) in [6, 6.07) is 4.54. The SMILES string of the molecule is COc1nc(N[C@H]2CCN(C(C)=O)C[C@H]2F)nn2cc(F)c(-c3ccc4nnn(CCCF)c4c3)c12. The fourth-order valence-corrected chi connectivity index (χ4v) is 4.51. The molecule has 36 heavy (non-hydrogen) atoms. The van der Waals surface area contributed by atoms with Crippen molar-refractivity contribution in [3.8, 4) is 17.0 Å². The van der Waals surface area contributed by atoms with Gasteiger partial charge in [-0.25, -0.2) is 18.0 Å². The van der Waals surface area contributed by atoms with Crippen LogP contribution in [0.15, 0.2) is 24.4 Å². The van der Waals surface area contributed by atoms with Crippen LogP contribution in [0.1, 0.15) is 19.8 Å². The number of aromatic nitrogens is 6. The van der Waals surface area contributed by atoms with Crippen LogP contribution < -0.4 is 10.1 Å². The molecule has 1 aliphatic rings. The van der Waals surface area contributed by atoms with Gasteiger partial charge >= 0.3 is 0 Å². The molecule has 3 aromatic heterocycles. The zero-order valence-electron chi connectivity index (χ0n) is 19.8. The minimum atomic E-state index is -1.31. The van der Waals surface area contributed by atoms with E-state index in [-0.39, 0.29) is 36.3 Å². The number of fused-ring (bicyclic) bond motifs is 2. The first-order valence-electron chi connectivity index (χ1n) is 11.6. The van der Waals surface area contributed by atoms with Crippen LogP contribution in [0.3, 0.4) is 0 Å². The van der Waals surface area contributed by atoms with E-state index < -0.39 is 24.7 Å². The van der Waals surface area contributed by atoms with Crippen LogP contribution in [0.25, 0.3) is 27.7 Å². The summed E-state index contributed by atoms with van der Waals surface area (Å²) < 4.78 is 51.0. The Bertz CT molecular complexity index is 1420. The number of nitrogens with zero attached hydrogens (tertiary/aromatic N) is 7. The number of alkyl halides is 2. The number of hydrogen-bond donors (Lipinski definition) is 1. The lowest BCUT2D eigenvalue weighted by molar-refractivity contribution is -0.131. The number of piperidine rings is 1. The Hall–Kier alpha value is -3.90. The second kappa shape index (κ2) is 9.63. The molecule has 10 nitrogen and oxygen atoms in total. The summed E-state index contributed by atoms with van der Waals surface area (Å²) in [5, 5.41) is 15.4. The van der Waals surface area contributed by atoms with Gasteiger partial charge in [-0.15, -0.1) is 10.2 Å². The largest absolute Gasteiger partial charge is 0.479 e. The third-order valence-electron chi connectivity index (χ3n) is 6.35. The number of nitrogens with one attached hydrogen (secondary N) is 1. The maximum absolute atomic E-state index is 15.3. The smallest absolute Gasteiger partial charge is 0.244 e. The van der Waals surface area contributed by atoms with Gasteiger partial charge in [0.15, 0.2) is 5.82 Å². The van der Waals surface area contributed by atoms with Crippen molar-refractivity contribution < 1.29 is 22.7 Å². The third kappa shape index (κ3) is 4.29. The topological polar surface area (TPSA) is 102 Å². The molecule has 4 heterocycles. The lowest BCUT2D eigenvalue weighted by atomic mass is 10.0. The molecule has 0 radical (unpaired) electrons. The lowest BCUT2D eigenvalue weighted by Crippen LogP contribution is -2.49. The predicted molar refractivity (Wildman–Crippen MR) is 126 cm³/mol. The number of aryl methyl sites for hydroxylation is 1. The highest BCUT2D eigenvalue weighted by molar-refractivity contribution is 5.89. The number of carbonyl (C=O) groups excluding carboxylic acids is 1. The summed E-state index contributed by atoms with van der Waals surface area (Å²) in [5.41, 5.74) is 2.29. The van der Waals surface area contributed by atoms with Crippen LogP contribution >= 0.6 is 0 Å². The first kappa shape index (κ1) is 23.8. The summed E-state index contributed by atoms with van der Waals surface area (Å²) in [7, 11) is 1.41. The van der Waals surface area contributed by atoms with E-state index in [0.717, 1.165) is 0 Å². The molecule has 13 heteroatoms. The molecule has 4 aromatic rings. The normalized spacial score (nSPS) is 18.2. The molecule has 0 unspecified atom stereocenters. The summed E-state index contributed by atoms with van der Waals surface area (Å²) in [5.74, 6) is -0.550. The van der Waals surface area contributed by atoms with Gasteiger partial charge in [-0.05, 0) is 30.5 Å². The van der Waals surface area contributed by atoms with E-state index in [2.05, 4.69) is 25.7 Å². The number of methoxy groups -OCH3 is 1. The molecule has 0 saturated carbocycles. The standard InChI is InChI=1S/C23H25F3N8O2/c1-13(35)32-9-6-17(15(25)11-32)27-23-28-22(36-2)21-20(16(26)12-34(21)30-23)14-4-5-18-19(10-14)33(31-29-18)8-3-7-24/h4-5,10,12,15,17H,3,6-9,11H2,1-2H3,(H,27,30)/t15-,17+/m1/s1. The lowest BCUT2D eigenvalue weighted by Gasteiger charge is -2.34. The molecule has 0 aliphatic carbocycles. The second-order valence-corrected chi connectivity index (χ2v) is 8.67. The monoisotopic (exact) mass is 502 g/mol. The molecule has 1 aromatic carbocycles. The van der Waals surface area contributed by atoms with Crippen LogP contribution in [0, 0.1) is 5.82 Å². The fourth-order valence-electron chi connectivity index (χ4n) is 4.51. The molecule has 1 saturated heterocycles. The Morgan fingerprint density at radius 2 is 2.17 bits per heavy atom. The molecule has 1 amide bonds. The molecule has 1 N–H and O–H groups in total. The maximum atomic E-state index is 15.3. The van der Waals surface area contributed by atoms with Gasteiger partial charge in [-0.2, -0.15) is 4.98 Å². The number of likely N-dealkylation sites (tertiary alicyclic amines) is 1. The van der Waals surface area contributed by atoms with Crippen LogP contribution in [0.5, 0.6) is 5.88 Å². The van der Waals surface area contributed by atoms with Crippen molar-refractivity contribution in [2.45, 2.75) is 38.5 Å². The van der Waals surface area contributed by atoms with Crippen LogP contribution in [-0.2, 0) is 11.3 Å². The van der Waals surface area contributed by atoms with Crippen molar-refractivity contribution in [2.24, 2.45) is 0 Å². The number of amides is 1. The van der Waals surface area contributed by atoms with Gasteiger partial charge in [0.25, 0.3) is 0 Å². The minimum absolute atomic E-state index is 0.0199. The Balaban J connectivity index is 1.50. The van der Waals surface area contributed by atoms with Gasteiger partial charge in [-0.1, -0.05) is 11.3 Å². The quantitative estimate of drug-likeness (QED) is 0.415. The first-order valence-corrected chi connectivity index (χ1v) is 11.6. The summed E-state index contributed by atoms with van der Waals surface area (Å²) in [4.78, 5) is 17.4. The van der Waals surface area contributed by atoms with Crippen molar-refractivity contribution in [1.82, 2.24) is 34.5 Å². The van der Waals surface area contributed by atoms with Crippen molar-refractivity contribution in [1.29, 1.82) is 0 Å². The highest BCUT2D eigenvalue weighted by atomic mass is 19.1. The number of hydrogen-bond acceptors (Lipinski definition) is 7. The first-order chi connectivity index (χ1) is 17.4.